The molecule has 1 aromatic heterocycles. The van der Waals surface area contributed by atoms with Crippen molar-refractivity contribution in [3.05, 3.63) is 54.5 Å². The van der Waals surface area contributed by atoms with Crippen LogP contribution >= 0.6 is 11.8 Å². The van der Waals surface area contributed by atoms with E-state index in [0.717, 1.165) is 18.8 Å². The van der Waals surface area contributed by atoms with Crippen LogP contribution in [0, 0.1) is 0 Å². The molecule has 0 amide bonds. The van der Waals surface area contributed by atoms with Crippen LogP contribution in [0.3, 0.4) is 0 Å². The Bertz CT molecular complexity index is 386. The molecule has 0 unspecified atom stereocenters. The van der Waals surface area contributed by atoms with Crippen molar-refractivity contribution in [2.75, 3.05) is 12.3 Å². The first kappa shape index (κ1) is 11.3. The Kier molecular flexibility index (Phi) is 4.52. The monoisotopic (exact) mass is 233 g/mol. The van der Waals surface area contributed by atoms with Gasteiger partial charge in [0.05, 0.1) is 12.5 Å². The highest BCUT2D eigenvalue weighted by Gasteiger charge is 1.94. The number of nitrogens with one attached hydrogen (secondary N) is 1. The standard InChI is InChI=1S/C13H15NOS/c1-2-4-13(5-3-1)16-9-7-14-10-12-6-8-15-11-12/h1-6,8,11,14H,7,9-10H2. The van der Waals surface area contributed by atoms with Gasteiger partial charge in [-0.3, -0.25) is 0 Å². The summed E-state index contributed by atoms with van der Waals surface area (Å²) in [6.45, 7) is 1.89. The van der Waals surface area contributed by atoms with E-state index in [1.165, 1.54) is 10.5 Å². The van der Waals surface area contributed by atoms with Crippen molar-refractivity contribution in [3.63, 3.8) is 0 Å². The van der Waals surface area contributed by atoms with Crippen molar-refractivity contribution < 1.29 is 4.42 Å². The Morgan fingerprint density at radius 3 is 2.75 bits per heavy atom. The molecule has 0 fully saturated rings. The molecule has 0 aliphatic rings. The fourth-order valence-corrected chi connectivity index (χ4v) is 2.22. The minimum Gasteiger partial charge on any atom is -0.472 e. The Balaban J connectivity index is 1.59. The molecular formula is C13H15NOS. The molecule has 0 bridgehead atoms. The van der Waals surface area contributed by atoms with Crippen molar-refractivity contribution in [1.82, 2.24) is 5.32 Å². The summed E-state index contributed by atoms with van der Waals surface area (Å²) >= 11 is 1.87. The van der Waals surface area contributed by atoms with Gasteiger partial charge in [0.25, 0.3) is 0 Å². The number of rotatable bonds is 6. The first-order chi connectivity index (χ1) is 7.95. The highest BCUT2D eigenvalue weighted by molar-refractivity contribution is 7.99. The predicted octanol–water partition coefficient (Wildman–Crippen LogP) is 3.16. The van der Waals surface area contributed by atoms with Gasteiger partial charge in [0.15, 0.2) is 0 Å². The zero-order valence-corrected chi connectivity index (χ0v) is 9.87. The summed E-state index contributed by atoms with van der Waals surface area (Å²) in [5, 5.41) is 3.38. The van der Waals surface area contributed by atoms with Gasteiger partial charge in [-0.1, -0.05) is 18.2 Å². The topological polar surface area (TPSA) is 25.2 Å². The minimum atomic E-state index is 0.881. The molecule has 0 radical (unpaired) electrons. The van der Waals surface area contributed by atoms with Crippen LogP contribution in [0.5, 0.6) is 0 Å². The molecule has 2 aromatic rings. The van der Waals surface area contributed by atoms with Gasteiger partial charge >= 0.3 is 0 Å². The summed E-state index contributed by atoms with van der Waals surface area (Å²) in [7, 11) is 0. The normalized spacial score (nSPS) is 10.5. The van der Waals surface area contributed by atoms with E-state index >= 15 is 0 Å². The molecule has 0 aliphatic heterocycles. The van der Waals surface area contributed by atoms with Gasteiger partial charge in [-0.05, 0) is 18.2 Å². The predicted molar refractivity (Wildman–Crippen MR) is 67.6 cm³/mol. The van der Waals surface area contributed by atoms with Crippen molar-refractivity contribution in [2.24, 2.45) is 0 Å². The molecule has 0 saturated heterocycles. The average molecular weight is 233 g/mol. The van der Waals surface area contributed by atoms with E-state index in [1.54, 1.807) is 12.5 Å². The van der Waals surface area contributed by atoms with E-state index < -0.39 is 0 Å². The highest BCUT2D eigenvalue weighted by atomic mass is 32.2. The summed E-state index contributed by atoms with van der Waals surface area (Å²) < 4.78 is 5.00. The van der Waals surface area contributed by atoms with Crippen molar-refractivity contribution in [1.29, 1.82) is 0 Å². The molecule has 2 rings (SSSR count). The van der Waals surface area contributed by atoms with Gasteiger partial charge in [-0.25, -0.2) is 0 Å². The average Bonchev–Trinajstić information content (AvgIpc) is 2.83. The van der Waals surface area contributed by atoms with Crippen molar-refractivity contribution in [2.45, 2.75) is 11.4 Å². The summed E-state index contributed by atoms with van der Waals surface area (Å²) in [5.74, 6) is 1.09. The summed E-state index contributed by atoms with van der Waals surface area (Å²) in [5.41, 5.74) is 1.20. The lowest BCUT2D eigenvalue weighted by Crippen LogP contribution is -2.15. The lowest BCUT2D eigenvalue weighted by molar-refractivity contribution is 0.561. The number of hydrogen-bond acceptors (Lipinski definition) is 3. The molecule has 1 aromatic carbocycles. The van der Waals surface area contributed by atoms with Crippen LogP contribution in [0.2, 0.25) is 0 Å². The molecule has 84 valence electrons. The second-order valence-corrected chi connectivity index (χ2v) is 4.64. The quantitative estimate of drug-likeness (QED) is 0.613. The molecule has 0 atom stereocenters. The Hall–Kier alpha value is -1.19. The van der Waals surface area contributed by atoms with Crippen LogP contribution in [0.1, 0.15) is 5.56 Å². The minimum absolute atomic E-state index is 0.881. The van der Waals surface area contributed by atoms with E-state index in [2.05, 4.69) is 29.6 Å². The number of thioether (sulfide) groups is 1. The Morgan fingerprint density at radius 1 is 1.12 bits per heavy atom. The lowest BCUT2D eigenvalue weighted by atomic mass is 10.3. The first-order valence-electron chi connectivity index (χ1n) is 5.35. The van der Waals surface area contributed by atoms with E-state index in [4.69, 9.17) is 4.42 Å². The maximum Gasteiger partial charge on any atom is 0.0947 e. The SMILES string of the molecule is c1ccc(SCCNCc2ccoc2)cc1. The first-order valence-corrected chi connectivity index (χ1v) is 6.33. The van der Waals surface area contributed by atoms with E-state index in [9.17, 15) is 0 Å². The van der Waals surface area contributed by atoms with Gasteiger partial charge < -0.3 is 9.73 Å². The van der Waals surface area contributed by atoms with Crippen LogP contribution in [0.4, 0.5) is 0 Å². The van der Waals surface area contributed by atoms with Gasteiger partial charge in [-0.2, -0.15) is 0 Å². The lowest BCUT2D eigenvalue weighted by Gasteiger charge is -2.03. The van der Waals surface area contributed by atoms with Crippen LogP contribution in [-0.4, -0.2) is 12.3 Å². The molecule has 1 heterocycles. The fraction of sp³-hybridized carbons (Fsp3) is 0.231. The third-order valence-corrected chi connectivity index (χ3v) is 3.21. The largest absolute Gasteiger partial charge is 0.472 e. The number of benzene rings is 1. The van der Waals surface area contributed by atoms with Crippen LogP contribution < -0.4 is 5.32 Å². The molecule has 0 saturated carbocycles. The number of furan rings is 1. The van der Waals surface area contributed by atoms with Gasteiger partial charge in [0, 0.05) is 29.3 Å². The van der Waals surface area contributed by atoms with Crippen molar-refractivity contribution >= 4 is 11.8 Å². The molecular weight excluding hydrogens is 218 g/mol. The van der Waals surface area contributed by atoms with Crippen LogP contribution in [0.25, 0.3) is 0 Å². The molecule has 0 spiro atoms. The Labute approximate surface area is 100 Å². The van der Waals surface area contributed by atoms with Gasteiger partial charge in [0.1, 0.15) is 0 Å². The second-order valence-electron chi connectivity index (χ2n) is 3.47. The summed E-state index contributed by atoms with van der Waals surface area (Å²) in [6, 6.07) is 12.4. The third-order valence-electron chi connectivity index (χ3n) is 2.20. The molecule has 2 nitrogen and oxygen atoms in total. The van der Waals surface area contributed by atoms with Gasteiger partial charge in [-0.15, -0.1) is 11.8 Å². The molecule has 16 heavy (non-hydrogen) atoms. The van der Waals surface area contributed by atoms with Gasteiger partial charge in [0.2, 0.25) is 0 Å². The van der Waals surface area contributed by atoms with Crippen molar-refractivity contribution in [3.8, 4) is 0 Å². The van der Waals surface area contributed by atoms with E-state index in [1.807, 2.05) is 23.9 Å². The summed E-state index contributed by atoms with van der Waals surface area (Å²) in [4.78, 5) is 1.33. The fourth-order valence-electron chi connectivity index (χ4n) is 1.38. The smallest absolute Gasteiger partial charge is 0.0947 e. The van der Waals surface area contributed by atoms with E-state index in [0.29, 0.717) is 0 Å². The maximum atomic E-state index is 5.00. The van der Waals surface area contributed by atoms with E-state index in [-0.39, 0.29) is 0 Å². The third kappa shape index (κ3) is 3.76. The zero-order valence-electron chi connectivity index (χ0n) is 9.06. The maximum absolute atomic E-state index is 5.00. The second kappa shape index (κ2) is 6.40. The van der Waals surface area contributed by atoms with Crippen LogP contribution in [0.15, 0.2) is 58.2 Å². The molecule has 3 heteroatoms. The molecule has 1 N–H and O–H groups in total. The Morgan fingerprint density at radius 2 is 2.00 bits per heavy atom. The zero-order chi connectivity index (χ0) is 11.1. The van der Waals surface area contributed by atoms with Crippen LogP contribution in [-0.2, 0) is 6.54 Å². The highest BCUT2D eigenvalue weighted by Crippen LogP contribution is 2.15. The summed E-state index contributed by atoms with van der Waals surface area (Å²) in [6.07, 6.45) is 3.48. The number of hydrogen-bond donors (Lipinski definition) is 1. The molecule has 0 aliphatic carbocycles.